The van der Waals surface area contributed by atoms with E-state index in [1.165, 1.54) is 12.7 Å². The van der Waals surface area contributed by atoms with Crippen LogP contribution in [-0.2, 0) is 24.2 Å². The lowest BCUT2D eigenvalue weighted by molar-refractivity contribution is 0.0601. The monoisotopic (exact) mass is 358 g/mol. The molecule has 1 aromatic heterocycles. The van der Waals surface area contributed by atoms with Gasteiger partial charge in [0, 0.05) is 31.4 Å². The maximum atomic E-state index is 12.3. The standard InChI is InChI=1S/C23H22N2O2/c1-27-23(26)20-14-24-21-16-25(15-17-8-4-2-5-9-17)13-12-19(21)22(20)18-10-6-3-7-11-18/h2-11,14H,12-13,15-16H2,1H3. The zero-order valence-corrected chi connectivity index (χ0v) is 15.4. The maximum Gasteiger partial charge on any atom is 0.340 e. The van der Waals surface area contributed by atoms with Crippen molar-refractivity contribution in [1.82, 2.24) is 9.88 Å². The smallest absolute Gasteiger partial charge is 0.340 e. The van der Waals surface area contributed by atoms with E-state index in [0.717, 1.165) is 48.4 Å². The third-order valence-electron chi connectivity index (χ3n) is 5.04. The Morgan fingerprint density at radius 3 is 2.48 bits per heavy atom. The maximum absolute atomic E-state index is 12.3. The fraction of sp³-hybridized carbons (Fsp3) is 0.217. The molecule has 2 heterocycles. The summed E-state index contributed by atoms with van der Waals surface area (Å²) in [7, 11) is 1.41. The largest absolute Gasteiger partial charge is 0.465 e. The number of rotatable bonds is 4. The molecule has 4 nitrogen and oxygen atoms in total. The van der Waals surface area contributed by atoms with Crippen LogP contribution in [0.2, 0.25) is 0 Å². The van der Waals surface area contributed by atoms with E-state index >= 15 is 0 Å². The highest BCUT2D eigenvalue weighted by Gasteiger charge is 2.25. The van der Waals surface area contributed by atoms with Gasteiger partial charge in [0.25, 0.3) is 0 Å². The van der Waals surface area contributed by atoms with Crippen LogP contribution in [0.3, 0.4) is 0 Å². The Balaban J connectivity index is 1.70. The van der Waals surface area contributed by atoms with E-state index in [9.17, 15) is 4.79 Å². The van der Waals surface area contributed by atoms with Crippen LogP contribution >= 0.6 is 0 Å². The van der Waals surface area contributed by atoms with Gasteiger partial charge < -0.3 is 4.74 Å². The minimum Gasteiger partial charge on any atom is -0.465 e. The molecule has 0 fully saturated rings. The van der Waals surface area contributed by atoms with Crippen LogP contribution in [-0.4, -0.2) is 29.5 Å². The van der Waals surface area contributed by atoms with Crippen LogP contribution in [0, 0.1) is 0 Å². The van der Waals surface area contributed by atoms with E-state index in [2.05, 4.69) is 34.1 Å². The van der Waals surface area contributed by atoms with Crippen molar-refractivity contribution in [3.8, 4) is 11.1 Å². The summed E-state index contributed by atoms with van der Waals surface area (Å²) in [5.41, 5.74) is 6.05. The molecule has 1 aliphatic heterocycles. The number of hydrogen-bond acceptors (Lipinski definition) is 4. The Kier molecular flexibility index (Phi) is 4.99. The van der Waals surface area contributed by atoms with E-state index in [4.69, 9.17) is 4.74 Å². The summed E-state index contributed by atoms with van der Waals surface area (Å²) >= 11 is 0. The summed E-state index contributed by atoms with van der Waals surface area (Å²) in [6, 6.07) is 20.5. The molecule has 0 amide bonds. The predicted molar refractivity (Wildman–Crippen MR) is 105 cm³/mol. The van der Waals surface area contributed by atoms with Crippen molar-refractivity contribution in [2.75, 3.05) is 13.7 Å². The molecule has 0 saturated heterocycles. The number of pyridine rings is 1. The highest BCUT2D eigenvalue weighted by atomic mass is 16.5. The summed E-state index contributed by atoms with van der Waals surface area (Å²) in [5, 5.41) is 0. The molecular formula is C23H22N2O2. The van der Waals surface area contributed by atoms with Crippen molar-refractivity contribution in [1.29, 1.82) is 0 Å². The second-order valence-corrected chi connectivity index (χ2v) is 6.78. The van der Waals surface area contributed by atoms with Crippen LogP contribution in [0.5, 0.6) is 0 Å². The Hall–Kier alpha value is -2.98. The molecule has 0 spiro atoms. The van der Waals surface area contributed by atoms with Gasteiger partial charge in [0.1, 0.15) is 0 Å². The van der Waals surface area contributed by atoms with E-state index < -0.39 is 0 Å². The van der Waals surface area contributed by atoms with Gasteiger partial charge in [-0.2, -0.15) is 0 Å². The minimum atomic E-state index is -0.337. The summed E-state index contributed by atoms with van der Waals surface area (Å²) in [4.78, 5) is 19.4. The number of fused-ring (bicyclic) bond motifs is 1. The molecule has 1 aliphatic rings. The predicted octanol–water partition coefficient (Wildman–Crippen LogP) is 4.09. The second kappa shape index (κ2) is 7.72. The van der Waals surface area contributed by atoms with Gasteiger partial charge in [0.2, 0.25) is 0 Å². The van der Waals surface area contributed by atoms with Gasteiger partial charge in [0.15, 0.2) is 0 Å². The molecule has 3 aromatic rings. The fourth-order valence-corrected chi connectivity index (χ4v) is 3.73. The summed E-state index contributed by atoms with van der Waals surface area (Å²) in [5.74, 6) is -0.337. The number of hydrogen-bond donors (Lipinski definition) is 0. The third-order valence-corrected chi connectivity index (χ3v) is 5.04. The van der Waals surface area contributed by atoms with Gasteiger partial charge in [-0.3, -0.25) is 9.88 Å². The second-order valence-electron chi connectivity index (χ2n) is 6.78. The molecular weight excluding hydrogens is 336 g/mol. The van der Waals surface area contributed by atoms with Crippen LogP contribution in [0.4, 0.5) is 0 Å². The average molecular weight is 358 g/mol. The topological polar surface area (TPSA) is 42.4 Å². The number of benzene rings is 2. The quantitative estimate of drug-likeness (QED) is 0.659. The van der Waals surface area contributed by atoms with Crippen LogP contribution < -0.4 is 0 Å². The van der Waals surface area contributed by atoms with Crippen molar-refractivity contribution < 1.29 is 9.53 Å². The van der Waals surface area contributed by atoms with Crippen molar-refractivity contribution in [3.63, 3.8) is 0 Å². The first-order valence-electron chi connectivity index (χ1n) is 9.17. The molecule has 2 aromatic carbocycles. The van der Waals surface area contributed by atoms with Crippen molar-refractivity contribution >= 4 is 5.97 Å². The highest BCUT2D eigenvalue weighted by Crippen LogP contribution is 2.33. The van der Waals surface area contributed by atoms with Crippen molar-refractivity contribution in [2.45, 2.75) is 19.5 Å². The zero-order chi connectivity index (χ0) is 18.6. The van der Waals surface area contributed by atoms with Gasteiger partial charge in [-0.15, -0.1) is 0 Å². The van der Waals surface area contributed by atoms with E-state index in [0.29, 0.717) is 5.56 Å². The summed E-state index contributed by atoms with van der Waals surface area (Å²) < 4.78 is 5.00. The first kappa shape index (κ1) is 17.4. The van der Waals surface area contributed by atoms with E-state index in [1.54, 1.807) is 6.20 Å². The number of carbonyl (C=O) groups excluding carboxylic acids is 1. The molecule has 136 valence electrons. The number of aromatic nitrogens is 1. The van der Waals surface area contributed by atoms with Gasteiger partial charge in [-0.1, -0.05) is 60.7 Å². The highest BCUT2D eigenvalue weighted by molar-refractivity contribution is 5.98. The Morgan fingerprint density at radius 1 is 1.07 bits per heavy atom. The molecule has 0 bridgehead atoms. The van der Waals surface area contributed by atoms with Gasteiger partial charge in [-0.05, 0) is 23.1 Å². The number of nitrogens with zero attached hydrogens (tertiary/aromatic N) is 2. The Labute approximate surface area is 159 Å². The molecule has 0 aliphatic carbocycles. The third kappa shape index (κ3) is 3.62. The molecule has 0 saturated carbocycles. The van der Waals surface area contributed by atoms with Crippen LogP contribution in [0.25, 0.3) is 11.1 Å². The molecule has 0 radical (unpaired) electrons. The zero-order valence-electron chi connectivity index (χ0n) is 15.4. The van der Waals surface area contributed by atoms with Gasteiger partial charge in [0.05, 0.1) is 18.4 Å². The number of ether oxygens (including phenoxy) is 1. The lowest BCUT2D eigenvalue weighted by Gasteiger charge is -2.30. The normalized spacial score (nSPS) is 13.8. The average Bonchev–Trinajstić information content (AvgIpc) is 2.73. The molecule has 0 atom stereocenters. The molecule has 4 rings (SSSR count). The fourth-order valence-electron chi connectivity index (χ4n) is 3.73. The van der Waals surface area contributed by atoms with Gasteiger partial charge in [-0.25, -0.2) is 4.79 Å². The van der Waals surface area contributed by atoms with Crippen molar-refractivity contribution in [2.24, 2.45) is 0 Å². The van der Waals surface area contributed by atoms with Crippen molar-refractivity contribution in [3.05, 3.63) is 89.2 Å². The first-order valence-corrected chi connectivity index (χ1v) is 9.17. The first-order chi connectivity index (χ1) is 13.3. The minimum absolute atomic E-state index is 0.337. The summed E-state index contributed by atoms with van der Waals surface area (Å²) in [6.07, 6.45) is 2.53. The van der Waals surface area contributed by atoms with Crippen LogP contribution in [0.1, 0.15) is 27.2 Å². The SMILES string of the molecule is COC(=O)c1cnc2c(c1-c1ccccc1)CCN(Cc1ccccc1)C2. The van der Waals surface area contributed by atoms with Crippen LogP contribution in [0.15, 0.2) is 66.9 Å². The Bertz CT molecular complexity index is 939. The molecule has 0 N–H and O–H groups in total. The molecule has 27 heavy (non-hydrogen) atoms. The molecule has 0 unspecified atom stereocenters. The molecule has 4 heteroatoms. The Morgan fingerprint density at radius 2 is 1.78 bits per heavy atom. The van der Waals surface area contributed by atoms with E-state index in [-0.39, 0.29) is 5.97 Å². The number of carbonyl (C=O) groups is 1. The van der Waals surface area contributed by atoms with E-state index in [1.807, 2.05) is 36.4 Å². The lowest BCUT2D eigenvalue weighted by atomic mass is 9.90. The summed E-state index contributed by atoms with van der Waals surface area (Å²) in [6.45, 7) is 2.63. The van der Waals surface area contributed by atoms with Gasteiger partial charge >= 0.3 is 5.97 Å². The number of methoxy groups -OCH3 is 1. The lowest BCUT2D eigenvalue weighted by Crippen LogP contribution is -2.31. The number of esters is 1.